The van der Waals surface area contributed by atoms with Crippen molar-refractivity contribution in [2.24, 2.45) is 0 Å². The third-order valence-electron chi connectivity index (χ3n) is 4.26. The number of carbonyl (C=O) groups is 2. The van der Waals surface area contributed by atoms with Crippen LogP contribution in [0, 0.1) is 20.8 Å². The molecule has 0 bridgehead atoms. The lowest BCUT2D eigenvalue weighted by Gasteiger charge is -2.10. The summed E-state index contributed by atoms with van der Waals surface area (Å²) in [6.45, 7) is 6.31. The van der Waals surface area contributed by atoms with E-state index < -0.39 is 11.9 Å². The molecule has 1 aromatic carbocycles. The van der Waals surface area contributed by atoms with E-state index >= 15 is 0 Å². The van der Waals surface area contributed by atoms with E-state index in [1.807, 2.05) is 0 Å². The van der Waals surface area contributed by atoms with Crippen molar-refractivity contribution in [2.45, 2.75) is 27.7 Å². The number of furan rings is 1. The molecule has 0 spiro atoms. The molecule has 0 aliphatic heterocycles. The Morgan fingerprint density at radius 3 is 2.37 bits per heavy atom. The summed E-state index contributed by atoms with van der Waals surface area (Å²) in [6.07, 6.45) is 0. The molecule has 0 N–H and O–H groups in total. The molecule has 0 radical (unpaired) electrons. The average Bonchev–Trinajstić information content (AvgIpc) is 2.98. The Balaban J connectivity index is 2.25. The van der Waals surface area contributed by atoms with Crippen LogP contribution in [0.1, 0.15) is 34.6 Å². The van der Waals surface area contributed by atoms with Crippen LogP contribution in [-0.2, 0) is 9.53 Å². The molecular formula is C20H18O7. The van der Waals surface area contributed by atoms with Gasteiger partial charge in [-0.1, -0.05) is 0 Å². The number of aryl methyl sites for hydroxylation is 3. The summed E-state index contributed by atoms with van der Waals surface area (Å²) >= 11 is 0. The van der Waals surface area contributed by atoms with Gasteiger partial charge in [-0.15, -0.1) is 0 Å². The van der Waals surface area contributed by atoms with Gasteiger partial charge in [-0.3, -0.25) is 9.59 Å². The molecule has 0 atom stereocenters. The normalized spacial score (nSPS) is 10.9. The highest BCUT2D eigenvalue weighted by molar-refractivity contribution is 5.91. The quantitative estimate of drug-likeness (QED) is 0.512. The van der Waals surface area contributed by atoms with Crippen LogP contribution >= 0.6 is 0 Å². The molecule has 2 heterocycles. The largest absolute Gasteiger partial charge is 0.463 e. The van der Waals surface area contributed by atoms with Gasteiger partial charge in [0, 0.05) is 18.1 Å². The first-order valence-corrected chi connectivity index (χ1v) is 8.19. The third-order valence-corrected chi connectivity index (χ3v) is 4.26. The Morgan fingerprint density at radius 2 is 1.74 bits per heavy atom. The SMILES string of the molecule is COC(=O)c1cc(-c2c(C)oc3c(C)c(OC(C)=O)ccc3c2=O)c(C)o1. The number of esters is 2. The first-order chi connectivity index (χ1) is 12.7. The van der Waals surface area contributed by atoms with Crippen LogP contribution in [0.15, 0.2) is 31.8 Å². The number of hydrogen-bond donors (Lipinski definition) is 0. The van der Waals surface area contributed by atoms with Gasteiger partial charge in [-0.05, 0) is 39.0 Å². The van der Waals surface area contributed by atoms with Gasteiger partial charge in [0.05, 0.1) is 18.1 Å². The van der Waals surface area contributed by atoms with E-state index in [0.717, 1.165) is 0 Å². The minimum absolute atomic E-state index is 0.00489. The summed E-state index contributed by atoms with van der Waals surface area (Å²) < 4.78 is 21.1. The van der Waals surface area contributed by atoms with Gasteiger partial charge >= 0.3 is 11.9 Å². The summed E-state index contributed by atoms with van der Waals surface area (Å²) in [7, 11) is 1.25. The van der Waals surface area contributed by atoms with E-state index in [1.165, 1.54) is 20.1 Å². The highest BCUT2D eigenvalue weighted by atomic mass is 16.5. The van der Waals surface area contributed by atoms with E-state index in [-0.39, 0.29) is 11.2 Å². The number of carbonyl (C=O) groups excluding carboxylic acids is 2. The van der Waals surface area contributed by atoms with E-state index in [9.17, 15) is 14.4 Å². The first-order valence-electron chi connectivity index (χ1n) is 8.19. The van der Waals surface area contributed by atoms with Crippen LogP contribution in [-0.4, -0.2) is 19.0 Å². The van der Waals surface area contributed by atoms with Gasteiger partial charge in [0.25, 0.3) is 0 Å². The summed E-state index contributed by atoms with van der Waals surface area (Å²) in [5.41, 5.74) is 1.39. The van der Waals surface area contributed by atoms with Crippen LogP contribution in [0.3, 0.4) is 0 Å². The lowest BCUT2D eigenvalue weighted by molar-refractivity contribution is -0.131. The number of hydrogen-bond acceptors (Lipinski definition) is 7. The van der Waals surface area contributed by atoms with Crippen molar-refractivity contribution in [3.8, 4) is 16.9 Å². The standard InChI is InChI=1S/C20H18O7/c1-9-15(27-12(4)21)7-6-13-18(22)17(11(3)26-19(9)13)14-8-16(20(23)24-5)25-10(14)2/h6-8H,1-5H3. The molecular weight excluding hydrogens is 352 g/mol. The Kier molecular flexibility index (Phi) is 4.61. The molecule has 0 fully saturated rings. The van der Waals surface area contributed by atoms with Crippen LogP contribution < -0.4 is 10.2 Å². The molecule has 0 aliphatic carbocycles. The van der Waals surface area contributed by atoms with Crippen LogP contribution in [0.25, 0.3) is 22.1 Å². The molecule has 7 nitrogen and oxygen atoms in total. The molecule has 7 heteroatoms. The van der Waals surface area contributed by atoms with E-state index in [0.29, 0.717) is 44.9 Å². The van der Waals surface area contributed by atoms with Crippen LogP contribution in [0.5, 0.6) is 5.75 Å². The number of rotatable bonds is 3. The first kappa shape index (κ1) is 18.4. The minimum Gasteiger partial charge on any atom is -0.463 e. The van der Waals surface area contributed by atoms with Gasteiger partial charge in [-0.2, -0.15) is 0 Å². The Labute approximate surface area is 154 Å². The molecule has 0 unspecified atom stereocenters. The number of fused-ring (bicyclic) bond motifs is 1. The fourth-order valence-corrected chi connectivity index (χ4v) is 2.99. The van der Waals surface area contributed by atoms with Crippen LogP contribution in [0.2, 0.25) is 0 Å². The van der Waals surface area contributed by atoms with E-state index in [2.05, 4.69) is 4.74 Å². The summed E-state index contributed by atoms with van der Waals surface area (Å²) in [6, 6.07) is 4.57. The number of benzene rings is 1. The van der Waals surface area contributed by atoms with Gasteiger partial charge in [0.15, 0.2) is 0 Å². The highest BCUT2D eigenvalue weighted by Crippen LogP contribution is 2.32. The molecule has 0 aliphatic rings. The predicted octanol–water partition coefficient (Wildman–Crippen LogP) is 3.69. The fourth-order valence-electron chi connectivity index (χ4n) is 2.99. The van der Waals surface area contributed by atoms with Gasteiger partial charge in [-0.25, -0.2) is 4.79 Å². The zero-order valence-electron chi connectivity index (χ0n) is 15.6. The maximum absolute atomic E-state index is 13.1. The smallest absolute Gasteiger partial charge is 0.373 e. The third kappa shape index (κ3) is 3.12. The molecule has 140 valence electrons. The molecule has 0 saturated heterocycles. The Bertz CT molecular complexity index is 1130. The number of ether oxygens (including phenoxy) is 2. The molecule has 2 aromatic heterocycles. The summed E-state index contributed by atoms with van der Waals surface area (Å²) in [4.78, 5) is 36.0. The number of methoxy groups -OCH3 is 1. The van der Waals surface area contributed by atoms with Gasteiger partial charge < -0.3 is 18.3 Å². The summed E-state index contributed by atoms with van der Waals surface area (Å²) in [5, 5.41) is 0.337. The zero-order valence-corrected chi connectivity index (χ0v) is 15.6. The molecule has 3 rings (SSSR count). The summed E-state index contributed by atoms with van der Waals surface area (Å²) in [5.74, 6) is 0.00361. The predicted molar refractivity (Wildman–Crippen MR) is 97.0 cm³/mol. The Morgan fingerprint density at radius 1 is 1.04 bits per heavy atom. The van der Waals surface area contributed by atoms with Crippen molar-refractivity contribution < 1.29 is 27.9 Å². The Hall–Kier alpha value is -3.35. The second-order valence-corrected chi connectivity index (χ2v) is 6.09. The van der Waals surface area contributed by atoms with Crippen molar-refractivity contribution in [2.75, 3.05) is 7.11 Å². The van der Waals surface area contributed by atoms with Crippen molar-refractivity contribution in [3.05, 3.63) is 51.3 Å². The average molecular weight is 370 g/mol. The van der Waals surface area contributed by atoms with Crippen LogP contribution in [0.4, 0.5) is 0 Å². The highest BCUT2D eigenvalue weighted by Gasteiger charge is 2.22. The van der Waals surface area contributed by atoms with Crippen molar-refractivity contribution in [1.29, 1.82) is 0 Å². The zero-order chi connectivity index (χ0) is 19.9. The fraction of sp³-hybridized carbons (Fsp3) is 0.250. The van der Waals surface area contributed by atoms with E-state index in [4.69, 9.17) is 13.6 Å². The second kappa shape index (κ2) is 6.75. The molecule has 3 aromatic rings. The van der Waals surface area contributed by atoms with Crippen molar-refractivity contribution in [3.63, 3.8) is 0 Å². The van der Waals surface area contributed by atoms with Crippen molar-refractivity contribution in [1.82, 2.24) is 0 Å². The lowest BCUT2D eigenvalue weighted by atomic mass is 10.0. The molecule has 0 amide bonds. The lowest BCUT2D eigenvalue weighted by Crippen LogP contribution is -2.09. The molecule has 27 heavy (non-hydrogen) atoms. The minimum atomic E-state index is -0.631. The second-order valence-electron chi connectivity index (χ2n) is 6.09. The van der Waals surface area contributed by atoms with E-state index in [1.54, 1.807) is 32.9 Å². The molecule has 0 saturated carbocycles. The van der Waals surface area contributed by atoms with Gasteiger partial charge in [0.1, 0.15) is 22.9 Å². The topological polar surface area (TPSA) is 96.0 Å². The monoisotopic (exact) mass is 370 g/mol. The maximum atomic E-state index is 13.1. The maximum Gasteiger partial charge on any atom is 0.373 e. The van der Waals surface area contributed by atoms with Gasteiger partial charge in [0.2, 0.25) is 11.2 Å². The van der Waals surface area contributed by atoms with Crippen molar-refractivity contribution >= 4 is 22.9 Å².